The number of benzene rings is 2. The fourth-order valence-electron chi connectivity index (χ4n) is 3.22. The molecule has 0 aliphatic rings. The molecule has 0 radical (unpaired) electrons. The van der Waals surface area contributed by atoms with E-state index >= 15 is 0 Å². The molecule has 0 amide bonds. The summed E-state index contributed by atoms with van der Waals surface area (Å²) >= 11 is 0. The summed E-state index contributed by atoms with van der Waals surface area (Å²) in [5.74, 6) is -0.110. The zero-order valence-corrected chi connectivity index (χ0v) is 15.4. The Labute approximate surface area is 153 Å². The van der Waals surface area contributed by atoms with Crippen molar-refractivity contribution in [2.45, 2.75) is 40.0 Å². The standard InChI is InChI=1S/C22H23FN2O/c1-15-9-11-19(23)13-18(15)10-12-21(26)14-22-16(2)24-25(17(22)3)20-7-5-4-6-8-20/h4-9,11,13H,10,12,14H2,1-3H3. The first-order valence-corrected chi connectivity index (χ1v) is 8.83. The second kappa shape index (κ2) is 7.65. The third-order valence-electron chi connectivity index (χ3n) is 4.80. The summed E-state index contributed by atoms with van der Waals surface area (Å²) < 4.78 is 15.3. The van der Waals surface area contributed by atoms with Gasteiger partial charge in [-0.05, 0) is 62.6 Å². The number of carbonyl (C=O) groups is 1. The molecule has 0 spiro atoms. The number of aryl methyl sites for hydroxylation is 3. The third-order valence-corrected chi connectivity index (χ3v) is 4.80. The first-order chi connectivity index (χ1) is 12.5. The van der Waals surface area contributed by atoms with Crippen molar-refractivity contribution in [1.29, 1.82) is 0 Å². The molecule has 3 rings (SSSR count). The van der Waals surface area contributed by atoms with E-state index in [-0.39, 0.29) is 11.6 Å². The quantitative estimate of drug-likeness (QED) is 0.647. The largest absolute Gasteiger partial charge is 0.299 e. The minimum absolute atomic E-state index is 0.146. The van der Waals surface area contributed by atoms with Crippen LogP contribution in [-0.2, 0) is 17.6 Å². The van der Waals surface area contributed by atoms with Crippen LogP contribution >= 0.6 is 0 Å². The number of carbonyl (C=O) groups excluding carboxylic acids is 1. The highest BCUT2D eigenvalue weighted by Gasteiger charge is 2.16. The van der Waals surface area contributed by atoms with E-state index in [0.717, 1.165) is 33.8 Å². The fourth-order valence-corrected chi connectivity index (χ4v) is 3.22. The molecule has 0 atom stereocenters. The normalized spacial score (nSPS) is 10.9. The summed E-state index contributed by atoms with van der Waals surface area (Å²) in [5, 5.41) is 4.59. The SMILES string of the molecule is Cc1ccc(F)cc1CCC(=O)Cc1c(C)nn(-c2ccccc2)c1C. The average molecular weight is 350 g/mol. The van der Waals surface area contributed by atoms with Crippen LogP contribution in [0.5, 0.6) is 0 Å². The zero-order chi connectivity index (χ0) is 18.7. The highest BCUT2D eigenvalue weighted by atomic mass is 19.1. The Morgan fingerprint density at radius 3 is 2.54 bits per heavy atom. The monoisotopic (exact) mass is 350 g/mol. The van der Waals surface area contributed by atoms with Gasteiger partial charge in [-0.15, -0.1) is 0 Å². The van der Waals surface area contributed by atoms with Crippen LogP contribution in [0.15, 0.2) is 48.5 Å². The summed E-state index contributed by atoms with van der Waals surface area (Å²) in [6.45, 7) is 5.87. The molecule has 3 aromatic rings. The summed E-state index contributed by atoms with van der Waals surface area (Å²) in [6, 6.07) is 14.6. The smallest absolute Gasteiger partial charge is 0.137 e. The van der Waals surface area contributed by atoms with Crippen LogP contribution in [0.2, 0.25) is 0 Å². The molecular weight excluding hydrogens is 327 g/mol. The first-order valence-electron chi connectivity index (χ1n) is 8.83. The van der Waals surface area contributed by atoms with Gasteiger partial charge in [-0.3, -0.25) is 4.79 Å². The minimum atomic E-state index is -0.256. The van der Waals surface area contributed by atoms with Crippen LogP contribution in [0.4, 0.5) is 4.39 Å². The lowest BCUT2D eigenvalue weighted by molar-refractivity contribution is -0.118. The van der Waals surface area contributed by atoms with Crippen molar-refractivity contribution in [2.24, 2.45) is 0 Å². The van der Waals surface area contributed by atoms with Crippen LogP contribution in [0.1, 0.15) is 34.5 Å². The van der Waals surface area contributed by atoms with Gasteiger partial charge in [-0.2, -0.15) is 5.10 Å². The van der Waals surface area contributed by atoms with Gasteiger partial charge in [0.1, 0.15) is 11.6 Å². The number of hydrogen-bond donors (Lipinski definition) is 0. The van der Waals surface area contributed by atoms with E-state index < -0.39 is 0 Å². The Morgan fingerprint density at radius 1 is 1.08 bits per heavy atom. The van der Waals surface area contributed by atoms with Gasteiger partial charge in [0, 0.05) is 24.1 Å². The predicted molar refractivity (Wildman–Crippen MR) is 101 cm³/mol. The maximum atomic E-state index is 13.4. The molecule has 0 aliphatic carbocycles. The molecule has 26 heavy (non-hydrogen) atoms. The van der Waals surface area contributed by atoms with Crippen molar-refractivity contribution < 1.29 is 9.18 Å². The van der Waals surface area contributed by atoms with E-state index in [1.807, 2.05) is 55.8 Å². The number of rotatable bonds is 6. The van der Waals surface area contributed by atoms with E-state index in [0.29, 0.717) is 19.3 Å². The fraction of sp³-hybridized carbons (Fsp3) is 0.273. The molecule has 0 N–H and O–H groups in total. The molecule has 0 fully saturated rings. The van der Waals surface area contributed by atoms with Gasteiger partial charge >= 0.3 is 0 Å². The Balaban J connectivity index is 1.72. The summed E-state index contributed by atoms with van der Waals surface area (Å²) in [7, 11) is 0. The molecule has 0 bridgehead atoms. The minimum Gasteiger partial charge on any atom is -0.299 e. The number of ketones is 1. The molecule has 4 heteroatoms. The van der Waals surface area contributed by atoms with Crippen molar-refractivity contribution in [3.63, 3.8) is 0 Å². The van der Waals surface area contributed by atoms with E-state index in [9.17, 15) is 9.18 Å². The van der Waals surface area contributed by atoms with Gasteiger partial charge in [0.15, 0.2) is 0 Å². The van der Waals surface area contributed by atoms with Crippen molar-refractivity contribution in [1.82, 2.24) is 9.78 Å². The topological polar surface area (TPSA) is 34.9 Å². The van der Waals surface area contributed by atoms with Gasteiger partial charge in [0.25, 0.3) is 0 Å². The number of halogens is 1. The number of hydrogen-bond acceptors (Lipinski definition) is 2. The van der Waals surface area contributed by atoms with Gasteiger partial charge in [0.2, 0.25) is 0 Å². The molecule has 0 saturated carbocycles. The van der Waals surface area contributed by atoms with Crippen molar-refractivity contribution in [3.8, 4) is 5.69 Å². The Kier molecular flexibility index (Phi) is 5.31. The second-order valence-electron chi connectivity index (χ2n) is 6.68. The van der Waals surface area contributed by atoms with E-state index in [2.05, 4.69) is 5.10 Å². The summed E-state index contributed by atoms with van der Waals surface area (Å²) in [5.41, 5.74) is 5.75. The Morgan fingerprint density at radius 2 is 1.81 bits per heavy atom. The number of para-hydroxylation sites is 1. The molecular formula is C22H23FN2O. The average Bonchev–Trinajstić information content (AvgIpc) is 2.91. The molecule has 0 aliphatic heterocycles. The van der Waals surface area contributed by atoms with E-state index in [1.54, 1.807) is 6.07 Å². The Hall–Kier alpha value is -2.75. The predicted octanol–water partition coefficient (Wildman–Crippen LogP) is 4.68. The lowest BCUT2D eigenvalue weighted by Crippen LogP contribution is -2.07. The van der Waals surface area contributed by atoms with Crippen LogP contribution in [0.25, 0.3) is 5.69 Å². The highest BCUT2D eigenvalue weighted by Crippen LogP contribution is 2.20. The highest BCUT2D eigenvalue weighted by molar-refractivity contribution is 5.81. The lowest BCUT2D eigenvalue weighted by atomic mass is 9.99. The van der Waals surface area contributed by atoms with Crippen molar-refractivity contribution in [2.75, 3.05) is 0 Å². The summed E-state index contributed by atoms with van der Waals surface area (Å²) in [4.78, 5) is 12.5. The third kappa shape index (κ3) is 3.90. The van der Waals surface area contributed by atoms with Crippen LogP contribution in [0.3, 0.4) is 0 Å². The van der Waals surface area contributed by atoms with E-state index in [4.69, 9.17) is 0 Å². The molecule has 3 nitrogen and oxygen atoms in total. The lowest BCUT2D eigenvalue weighted by Gasteiger charge is -2.07. The second-order valence-corrected chi connectivity index (χ2v) is 6.68. The summed E-state index contributed by atoms with van der Waals surface area (Å²) in [6.07, 6.45) is 1.33. The van der Waals surface area contributed by atoms with Crippen LogP contribution in [-0.4, -0.2) is 15.6 Å². The number of nitrogens with zero attached hydrogens (tertiary/aromatic N) is 2. The van der Waals surface area contributed by atoms with Crippen LogP contribution in [0, 0.1) is 26.6 Å². The van der Waals surface area contributed by atoms with Crippen LogP contribution < -0.4 is 0 Å². The van der Waals surface area contributed by atoms with Gasteiger partial charge in [0.05, 0.1) is 11.4 Å². The van der Waals surface area contributed by atoms with Crippen molar-refractivity contribution in [3.05, 3.63) is 82.4 Å². The number of aromatic nitrogens is 2. The van der Waals surface area contributed by atoms with Crippen molar-refractivity contribution >= 4 is 5.78 Å². The molecule has 0 unspecified atom stereocenters. The first kappa shape index (κ1) is 18.1. The van der Waals surface area contributed by atoms with Gasteiger partial charge in [-0.25, -0.2) is 9.07 Å². The maximum absolute atomic E-state index is 13.4. The molecule has 1 heterocycles. The van der Waals surface area contributed by atoms with E-state index in [1.165, 1.54) is 12.1 Å². The van der Waals surface area contributed by atoms with Gasteiger partial charge < -0.3 is 0 Å². The molecule has 134 valence electrons. The Bertz CT molecular complexity index is 929. The molecule has 0 saturated heterocycles. The zero-order valence-electron chi connectivity index (χ0n) is 15.4. The molecule has 2 aromatic carbocycles. The molecule has 1 aromatic heterocycles. The maximum Gasteiger partial charge on any atom is 0.137 e. The number of Topliss-reactive ketones (excluding diaryl/α,β-unsaturated/α-hetero) is 1. The van der Waals surface area contributed by atoms with Gasteiger partial charge in [-0.1, -0.05) is 24.3 Å².